The summed E-state index contributed by atoms with van der Waals surface area (Å²) in [6, 6.07) is 59.4. The van der Waals surface area contributed by atoms with Gasteiger partial charge < -0.3 is 34.9 Å². The summed E-state index contributed by atoms with van der Waals surface area (Å²) in [7, 11) is 1.27. The molecule has 25 heteroatoms. The lowest BCUT2D eigenvalue weighted by molar-refractivity contribution is -0.146. The first kappa shape index (κ1) is 71.1. The number of fused-ring (bicyclic) bond motifs is 2. The van der Waals surface area contributed by atoms with Crippen molar-refractivity contribution in [3.8, 4) is 39.8 Å². The molecule has 4 fully saturated rings. The zero-order valence-corrected chi connectivity index (χ0v) is 56.4. The fraction of sp³-hybridized carbons (Fsp3) is 0.231. The normalized spacial score (nSPS) is 19.7. The van der Waals surface area contributed by atoms with Gasteiger partial charge in [-0.05, 0) is 139 Å². The third kappa shape index (κ3) is 15.8. The third-order valence-electron chi connectivity index (χ3n) is 19.2. The van der Waals surface area contributed by atoms with Crippen LogP contribution in [0, 0.1) is 34.4 Å². The van der Waals surface area contributed by atoms with Crippen LogP contribution in [0.3, 0.4) is 0 Å². The summed E-state index contributed by atoms with van der Waals surface area (Å²) in [5, 5.41) is 32.2. The highest BCUT2D eigenvalue weighted by molar-refractivity contribution is 6.30. The first-order valence-electron chi connectivity index (χ1n) is 33.0. The summed E-state index contributed by atoms with van der Waals surface area (Å²) in [6.07, 6.45) is 4.70. The van der Waals surface area contributed by atoms with E-state index in [9.17, 15) is 38.8 Å². The SMILES string of the molecule is COC(=O)[C@]1(c2cccc(OCc3ccc(Cl)cc3)c2)C[C@H]1C(=O)NO.NC(=O)[C@@]1(Cc2ccc(OCc3cc(-c4cccnc4)nc4ccccc34)cc2)C[C@@H]1C(=O)NO.O=C1CN(C(=O)[C@@]2(Cc3ccc(OCc4cc(-c5ccccc5)nc5ccccc45)c(F)c3)C[C@@H]2C(=O)NO)CCN1. The number of carbonyl (C=O) groups is 7. The molecule has 0 bridgehead atoms. The van der Waals surface area contributed by atoms with Gasteiger partial charge in [-0.1, -0.05) is 121 Å². The van der Waals surface area contributed by atoms with Crippen molar-refractivity contribution in [3.05, 3.63) is 251 Å². The molecule has 1 saturated heterocycles. The Kier molecular flexibility index (Phi) is 21.4. The van der Waals surface area contributed by atoms with Crippen molar-refractivity contribution in [1.82, 2.24) is 41.6 Å². The van der Waals surface area contributed by atoms with Crippen molar-refractivity contribution < 1.29 is 72.5 Å². The van der Waals surface area contributed by atoms with Crippen LogP contribution in [-0.4, -0.2) is 104 Å². The number of esters is 1. The van der Waals surface area contributed by atoms with E-state index >= 15 is 4.39 Å². The monoisotopic (exact) mass is 1410 g/mol. The van der Waals surface area contributed by atoms with Gasteiger partial charge in [0.1, 0.15) is 36.7 Å². The molecule has 3 saturated carbocycles. The van der Waals surface area contributed by atoms with E-state index in [1.165, 1.54) is 24.1 Å². The topological polar surface area (TPSA) is 333 Å². The van der Waals surface area contributed by atoms with Crippen LogP contribution in [-0.2, 0) is 76.4 Å². The van der Waals surface area contributed by atoms with Crippen LogP contribution in [0.4, 0.5) is 4.39 Å². The number of nitrogens with two attached hydrogens (primary N) is 1. The highest BCUT2D eigenvalue weighted by Gasteiger charge is 2.67. The maximum Gasteiger partial charge on any atom is 0.317 e. The largest absolute Gasteiger partial charge is 0.489 e. The van der Waals surface area contributed by atoms with Crippen LogP contribution in [0.15, 0.2) is 207 Å². The first-order valence-corrected chi connectivity index (χ1v) is 33.4. The standard InChI is InChI=1S/C32H29FN4O5.C27H24N4O4.C19H18ClNO5/c33-25-14-20(16-32(17-24(32)30(39)36-41)31(40)37-13-12-34-29(38)18-37)10-11-28(25)42-19-22-15-27(21-6-2-1-3-7-21)35-26-9-5-4-8-23(22)26;28-26(33)27(14-22(27)25(32)31-34)13-17-7-9-20(10-8-17)35-16-19-12-24(18-4-3-11-29-15-18)30-23-6-2-1-5-21(19)23;1-25-18(23)19(10-16(19)17(22)21-24)13-3-2-4-15(9-13)26-11-12-5-7-14(20)8-6-12/h1-11,14-15,24,41H,12-13,16-19H2,(H,34,38)(H,36,39);1-12,15,22,34H,13-14,16H2,(H2,28,33)(H,31,32);2-9,16,24H,10-11H2,1H3,(H,21,22)/t24-,32+;22-,27+;16-,19-/m110/s1. The van der Waals surface area contributed by atoms with Crippen LogP contribution in [0.25, 0.3) is 44.3 Å². The molecule has 0 spiro atoms. The maximum absolute atomic E-state index is 15.3. The fourth-order valence-electron chi connectivity index (χ4n) is 13.4. The van der Waals surface area contributed by atoms with Gasteiger partial charge in [0.15, 0.2) is 11.6 Å². The van der Waals surface area contributed by atoms with Gasteiger partial charge in [0, 0.05) is 63.5 Å². The number of methoxy groups -OCH3 is 1. The number of hydroxylamine groups is 3. The molecule has 103 heavy (non-hydrogen) atoms. The summed E-state index contributed by atoms with van der Waals surface area (Å²) in [4.78, 5) is 101. The van der Waals surface area contributed by atoms with Crippen molar-refractivity contribution in [3.63, 3.8) is 0 Å². The third-order valence-corrected chi connectivity index (χ3v) is 19.5. The number of pyridine rings is 3. The number of benzene rings is 7. The molecular formula is C78H71ClFN9O14. The second-order valence-electron chi connectivity index (χ2n) is 25.7. The molecule has 0 radical (unpaired) electrons. The lowest BCUT2D eigenvalue weighted by Crippen LogP contribution is -2.53. The van der Waals surface area contributed by atoms with Crippen molar-refractivity contribution in [2.24, 2.45) is 34.3 Å². The summed E-state index contributed by atoms with van der Waals surface area (Å²) >= 11 is 5.87. The summed E-state index contributed by atoms with van der Waals surface area (Å²) < 4.78 is 38.0. The Labute approximate surface area is 595 Å². The number of piperazine rings is 1. The molecule has 6 amide bonds. The fourth-order valence-corrected chi connectivity index (χ4v) is 13.6. The van der Waals surface area contributed by atoms with Gasteiger partial charge in [-0.15, -0.1) is 0 Å². The highest BCUT2D eigenvalue weighted by atomic mass is 35.5. The Morgan fingerprint density at radius 3 is 1.80 bits per heavy atom. The number of amides is 6. The number of para-hydroxylation sites is 2. The van der Waals surface area contributed by atoms with E-state index in [0.717, 1.165) is 66.6 Å². The molecule has 0 unspecified atom stereocenters. The van der Waals surface area contributed by atoms with Crippen molar-refractivity contribution in [2.45, 2.75) is 57.3 Å². The molecule has 7 aromatic carbocycles. The number of nitrogens with zero attached hydrogens (tertiary/aromatic N) is 4. The first-order chi connectivity index (χ1) is 49.9. The molecule has 4 heterocycles. The maximum atomic E-state index is 15.3. The second kappa shape index (κ2) is 31.0. The van der Waals surface area contributed by atoms with E-state index < -0.39 is 69.4 Å². The minimum atomic E-state index is -1.16. The number of ether oxygens (including phenoxy) is 4. The van der Waals surface area contributed by atoms with E-state index in [1.54, 1.807) is 71.3 Å². The molecule has 14 rings (SSSR count). The summed E-state index contributed by atoms with van der Waals surface area (Å²) in [5.74, 6) is -4.94. The predicted molar refractivity (Wildman–Crippen MR) is 375 cm³/mol. The average molecular weight is 1410 g/mol. The molecular weight excluding hydrogens is 1340 g/mol. The Morgan fingerprint density at radius 1 is 0.602 bits per heavy atom. The van der Waals surface area contributed by atoms with Gasteiger partial charge in [-0.2, -0.15) is 0 Å². The lowest BCUT2D eigenvalue weighted by atomic mass is 9.91. The molecule has 10 aromatic rings. The van der Waals surface area contributed by atoms with Gasteiger partial charge in [-0.25, -0.2) is 30.8 Å². The predicted octanol–water partition coefficient (Wildman–Crippen LogP) is 9.90. The number of carbonyl (C=O) groups excluding carboxylic acids is 7. The van der Waals surface area contributed by atoms with Gasteiger partial charge >= 0.3 is 5.97 Å². The Balaban J connectivity index is 0.000000150. The van der Waals surface area contributed by atoms with Crippen molar-refractivity contribution in [2.75, 3.05) is 26.7 Å². The van der Waals surface area contributed by atoms with Crippen LogP contribution in [0.5, 0.6) is 17.2 Å². The molecule has 3 aliphatic carbocycles. The van der Waals surface area contributed by atoms with Crippen LogP contribution < -0.4 is 41.7 Å². The van der Waals surface area contributed by atoms with Gasteiger partial charge in [-0.3, -0.25) is 54.2 Å². The quantitative estimate of drug-likeness (QED) is 0.0178. The number of nitrogens with one attached hydrogen (secondary N) is 4. The van der Waals surface area contributed by atoms with Gasteiger partial charge in [0.2, 0.25) is 35.4 Å². The van der Waals surface area contributed by atoms with Crippen LogP contribution >= 0.6 is 11.6 Å². The van der Waals surface area contributed by atoms with E-state index in [0.29, 0.717) is 66.8 Å². The molecule has 4 aliphatic rings. The Morgan fingerprint density at radius 2 is 1.17 bits per heavy atom. The van der Waals surface area contributed by atoms with E-state index in [-0.39, 0.29) is 50.0 Å². The number of hydrogen-bond acceptors (Lipinski definition) is 17. The molecule has 1 aliphatic heterocycles. The molecule has 6 atom stereocenters. The number of rotatable bonds is 22. The summed E-state index contributed by atoms with van der Waals surface area (Å²) in [5.41, 5.74) is 17.2. The van der Waals surface area contributed by atoms with Crippen molar-refractivity contribution in [1.29, 1.82) is 0 Å². The van der Waals surface area contributed by atoms with Crippen LogP contribution in [0.1, 0.15) is 52.6 Å². The zero-order chi connectivity index (χ0) is 72.4. The van der Waals surface area contributed by atoms with E-state index in [4.69, 9.17) is 56.7 Å². The van der Waals surface area contributed by atoms with Crippen molar-refractivity contribution >= 4 is 74.8 Å². The number of primary amides is 1. The second-order valence-corrected chi connectivity index (χ2v) is 26.1. The van der Waals surface area contributed by atoms with Gasteiger partial charge in [0.05, 0.1) is 64.7 Å². The van der Waals surface area contributed by atoms with E-state index in [1.807, 2.05) is 140 Å². The van der Waals surface area contributed by atoms with Crippen LogP contribution in [0.2, 0.25) is 5.02 Å². The minimum Gasteiger partial charge on any atom is -0.489 e. The molecule has 526 valence electrons. The highest BCUT2D eigenvalue weighted by Crippen LogP contribution is 2.58. The van der Waals surface area contributed by atoms with Gasteiger partial charge in [0.25, 0.3) is 0 Å². The number of aromatic nitrogens is 3. The lowest BCUT2D eigenvalue weighted by Gasteiger charge is -2.31. The average Bonchev–Trinajstić information content (AvgIpc) is 1.54. The van der Waals surface area contributed by atoms with E-state index in [2.05, 4.69) is 10.3 Å². The molecule has 23 nitrogen and oxygen atoms in total. The molecule has 9 N–H and O–H groups in total. The Hall–Kier alpha value is -11.7. The molecule has 3 aromatic heterocycles. The zero-order valence-electron chi connectivity index (χ0n) is 55.6. The smallest absolute Gasteiger partial charge is 0.317 e. The summed E-state index contributed by atoms with van der Waals surface area (Å²) in [6.45, 7) is 1.32. The minimum absolute atomic E-state index is 0.0504. The Bertz CT molecular complexity index is 4830. The number of halogens is 2. The number of hydrogen-bond donors (Lipinski definition) is 8.